The van der Waals surface area contributed by atoms with Gasteiger partial charge in [0.15, 0.2) is 0 Å². The number of rotatable bonds is 2. The second kappa shape index (κ2) is 6.30. The number of hydrogen-bond acceptors (Lipinski definition) is 3. The van der Waals surface area contributed by atoms with Gasteiger partial charge in [-0.15, -0.1) is 6.42 Å². The highest BCUT2D eigenvalue weighted by Gasteiger charge is 2.15. The van der Waals surface area contributed by atoms with E-state index in [1.54, 1.807) is 5.92 Å². The number of carbonyl (C=O) groups excluding carboxylic acids is 1. The number of ketones is 1. The molecule has 4 nitrogen and oxygen atoms in total. The molecule has 0 bridgehead atoms. The van der Waals surface area contributed by atoms with E-state index in [0.717, 1.165) is 18.2 Å². The molecular formula is C11H10FNO3. The number of halogens is 1. The molecule has 0 N–H and O–H groups in total. The molecular weight excluding hydrogens is 213 g/mol. The topological polar surface area (TPSA) is 60.2 Å². The fourth-order valence-electron chi connectivity index (χ4n) is 0.880. The van der Waals surface area contributed by atoms with Gasteiger partial charge in [0.2, 0.25) is 11.6 Å². The Balaban J connectivity index is 0.00000106. The zero-order chi connectivity index (χ0) is 12.7. The lowest BCUT2D eigenvalue weighted by Crippen LogP contribution is -1.98. The molecule has 5 heteroatoms. The van der Waals surface area contributed by atoms with E-state index in [9.17, 15) is 19.3 Å². The van der Waals surface area contributed by atoms with Crippen LogP contribution in [0.3, 0.4) is 0 Å². The quantitative estimate of drug-likeness (QED) is 0.254. The Labute approximate surface area is 92.2 Å². The summed E-state index contributed by atoms with van der Waals surface area (Å²) in [5, 5.41) is 10.2. The van der Waals surface area contributed by atoms with E-state index in [0.29, 0.717) is 0 Å². The van der Waals surface area contributed by atoms with Crippen LogP contribution in [0, 0.1) is 28.3 Å². The Morgan fingerprint density at radius 1 is 1.50 bits per heavy atom. The zero-order valence-corrected chi connectivity index (χ0v) is 8.86. The monoisotopic (exact) mass is 223 g/mol. The molecule has 1 rings (SSSR count). The molecule has 0 saturated carbocycles. The highest BCUT2D eigenvalue weighted by atomic mass is 19.1. The van der Waals surface area contributed by atoms with Crippen molar-refractivity contribution in [1.29, 1.82) is 0 Å². The van der Waals surface area contributed by atoms with Crippen molar-refractivity contribution < 1.29 is 14.1 Å². The summed E-state index contributed by atoms with van der Waals surface area (Å²) in [4.78, 5) is 20.2. The maximum absolute atomic E-state index is 12.9. The average Bonchev–Trinajstić information content (AvgIpc) is 2.30. The van der Waals surface area contributed by atoms with Gasteiger partial charge in [-0.05, 0) is 18.1 Å². The maximum atomic E-state index is 12.9. The number of benzene rings is 1. The summed E-state index contributed by atoms with van der Waals surface area (Å²) in [5.41, 5.74) is -0.755. The lowest BCUT2D eigenvalue weighted by molar-refractivity contribution is -0.387. The number of nitro groups is 1. The van der Waals surface area contributed by atoms with Crippen molar-refractivity contribution >= 4 is 11.5 Å². The average molecular weight is 223 g/mol. The SMILES string of the molecule is C#CC(=O)c1ccc([N+](=O)[O-])c(F)c1.CC. The van der Waals surface area contributed by atoms with Crippen LogP contribution in [0.25, 0.3) is 0 Å². The fraction of sp³-hybridized carbons (Fsp3) is 0.182. The first-order chi connectivity index (χ1) is 7.56. The van der Waals surface area contributed by atoms with E-state index in [2.05, 4.69) is 0 Å². The summed E-state index contributed by atoms with van der Waals surface area (Å²) in [6.45, 7) is 4.00. The molecule has 0 spiro atoms. The van der Waals surface area contributed by atoms with Crippen molar-refractivity contribution in [2.45, 2.75) is 13.8 Å². The van der Waals surface area contributed by atoms with Crippen LogP contribution >= 0.6 is 0 Å². The summed E-state index contributed by atoms with van der Waals surface area (Å²) in [6.07, 6.45) is 4.80. The van der Waals surface area contributed by atoms with Crippen molar-refractivity contribution in [3.05, 3.63) is 39.7 Å². The second-order valence-corrected chi connectivity index (χ2v) is 2.40. The lowest BCUT2D eigenvalue weighted by Gasteiger charge is -1.95. The highest BCUT2D eigenvalue weighted by molar-refractivity contribution is 6.08. The van der Waals surface area contributed by atoms with Crippen molar-refractivity contribution in [2.24, 2.45) is 0 Å². The van der Waals surface area contributed by atoms with Crippen LogP contribution in [0.5, 0.6) is 0 Å². The molecule has 16 heavy (non-hydrogen) atoms. The summed E-state index contributed by atoms with van der Waals surface area (Å²) in [6, 6.07) is 2.77. The third-order valence-electron chi connectivity index (χ3n) is 1.54. The van der Waals surface area contributed by atoms with Crippen molar-refractivity contribution in [3.63, 3.8) is 0 Å². The van der Waals surface area contributed by atoms with E-state index in [-0.39, 0.29) is 5.56 Å². The normalized spacial score (nSPS) is 8.38. The van der Waals surface area contributed by atoms with Crippen LogP contribution in [0.1, 0.15) is 24.2 Å². The number of carbonyl (C=O) groups is 1. The summed E-state index contributed by atoms with van der Waals surface area (Å²) >= 11 is 0. The minimum Gasteiger partial charge on any atom is -0.279 e. The molecule has 1 aromatic rings. The van der Waals surface area contributed by atoms with Crippen LogP contribution in [-0.4, -0.2) is 10.7 Å². The van der Waals surface area contributed by atoms with Gasteiger partial charge in [0.05, 0.1) is 4.92 Å². The zero-order valence-electron chi connectivity index (χ0n) is 8.86. The van der Waals surface area contributed by atoms with Gasteiger partial charge in [0.1, 0.15) is 0 Å². The molecule has 0 heterocycles. The van der Waals surface area contributed by atoms with E-state index in [1.807, 2.05) is 13.8 Å². The van der Waals surface area contributed by atoms with Crippen LogP contribution in [0.4, 0.5) is 10.1 Å². The van der Waals surface area contributed by atoms with Crippen LogP contribution in [0.15, 0.2) is 18.2 Å². The predicted molar refractivity (Wildman–Crippen MR) is 57.6 cm³/mol. The van der Waals surface area contributed by atoms with E-state index in [1.165, 1.54) is 0 Å². The largest absolute Gasteiger partial charge is 0.304 e. The Bertz CT molecular complexity index is 449. The fourth-order valence-corrected chi connectivity index (χ4v) is 0.880. The summed E-state index contributed by atoms with van der Waals surface area (Å²) in [7, 11) is 0. The Hall–Kier alpha value is -2.22. The van der Waals surface area contributed by atoms with Gasteiger partial charge in [-0.1, -0.05) is 13.8 Å². The molecule has 0 aliphatic carbocycles. The standard InChI is InChI=1S/C9H4FNO3.C2H6/c1-2-9(12)6-3-4-8(11(13)14)7(10)5-6;1-2/h1,3-5H;1-2H3. The second-order valence-electron chi connectivity index (χ2n) is 2.40. The number of nitrogens with zero attached hydrogens (tertiary/aromatic N) is 1. The van der Waals surface area contributed by atoms with Gasteiger partial charge in [-0.25, -0.2) is 0 Å². The number of terminal acetylenes is 1. The first-order valence-corrected chi connectivity index (χ1v) is 4.51. The molecule has 0 atom stereocenters. The molecule has 1 aromatic carbocycles. The van der Waals surface area contributed by atoms with Crippen molar-refractivity contribution in [3.8, 4) is 12.3 Å². The van der Waals surface area contributed by atoms with Crippen molar-refractivity contribution in [2.75, 3.05) is 0 Å². The summed E-state index contributed by atoms with van der Waals surface area (Å²) in [5.74, 6) is -0.000793. The summed E-state index contributed by atoms with van der Waals surface area (Å²) < 4.78 is 12.9. The molecule has 84 valence electrons. The first kappa shape index (κ1) is 13.8. The molecule has 0 fully saturated rings. The van der Waals surface area contributed by atoms with Gasteiger partial charge in [-0.2, -0.15) is 4.39 Å². The molecule has 0 unspecified atom stereocenters. The Morgan fingerprint density at radius 3 is 2.44 bits per heavy atom. The molecule has 0 aromatic heterocycles. The van der Waals surface area contributed by atoms with Gasteiger partial charge in [0, 0.05) is 11.6 Å². The first-order valence-electron chi connectivity index (χ1n) is 4.51. The minimum absolute atomic E-state index is 0.0735. The van der Waals surface area contributed by atoms with Gasteiger partial charge >= 0.3 is 5.69 Å². The smallest absolute Gasteiger partial charge is 0.279 e. The number of nitro benzene ring substituents is 1. The van der Waals surface area contributed by atoms with Crippen LogP contribution in [0.2, 0.25) is 0 Å². The lowest BCUT2D eigenvalue weighted by atomic mass is 10.1. The van der Waals surface area contributed by atoms with Crippen LogP contribution in [-0.2, 0) is 0 Å². The maximum Gasteiger partial charge on any atom is 0.304 e. The molecule has 0 amide bonds. The van der Waals surface area contributed by atoms with Gasteiger partial charge in [-0.3, -0.25) is 14.9 Å². The minimum atomic E-state index is -1.07. The van der Waals surface area contributed by atoms with E-state index in [4.69, 9.17) is 6.42 Å². The Morgan fingerprint density at radius 2 is 2.06 bits per heavy atom. The molecule has 0 radical (unpaired) electrons. The predicted octanol–water partition coefficient (Wildman–Crippen LogP) is 2.58. The number of Topliss-reactive ketones (excluding diaryl/α,β-unsaturated/α-hetero) is 1. The van der Waals surface area contributed by atoms with Gasteiger partial charge < -0.3 is 0 Å². The van der Waals surface area contributed by atoms with E-state index < -0.39 is 22.2 Å². The number of hydrogen-bond donors (Lipinski definition) is 0. The molecule has 0 saturated heterocycles. The van der Waals surface area contributed by atoms with E-state index >= 15 is 0 Å². The van der Waals surface area contributed by atoms with Crippen molar-refractivity contribution in [1.82, 2.24) is 0 Å². The Kier molecular flexibility index (Phi) is 5.42. The van der Waals surface area contributed by atoms with Crippen LogP contribution < -0.4 is 0 Å². The highest BCUT2D eigenvalue weighted by Crippen LogP contribution is 2.17. The third-order valence-corrected chi connectivity index (χ3v) is 1.54. The third kappa shape index (κ3) is 3.17. The molecule has 0 aliphatic rings. The molecule has 0 aliphatic heterocycles. The van der Waals surface area contributed by atoms with Gasteiger partial charge in [0.25, 0.3) is 0 Å².